The third-order valence-electron chi connectivity index (χ3n) is 1.46. The van der Waals surface area contributed by atoms with E-state index in [1.54, 1.807) is 0 Å². The van der Waals surface area contributed by atoms with Gasteiger partial charge in [-0.15, -0.1) is 0 Å². The standard InChI is InChI=1S/C7H10N2O5S/c1-13-6-3-7(14-2)9-5(8-6)4-15(10,11)12/h3H,4H2,1-2H3,(H,10,11,12). The van der Waals surface area contributed by atoms with Gasteiger partial charge in [-0.1, -0.05) is 0 Å². The fourth-order valence-electron chi connectivity index (χ4n) is 0.886. The molecule has 0 spiro atoms. The van der Waals surface area contributed by atoms with E-state index in [4.69, 9.17) is 14.0 Å². The Morgan fingerprint density at radius 2 is 1.73 bits per heavy atom. The minimum absolute atomic E-state index is 0.0892. The molecular formula is C7H10N2O5S. The quantitative estimate of drug-likeness (QED) is 0.725. The molecule has 0 bridgehead atoms. The highest BCUT2D eigenvalue weighted by Crippen LogP contribution is 2.15. The summed E-state index contributed by atoms with van der Waals surface area (Å²) in [5, 5.41) is 0. The van der Waals surface area contributed by atoms with E-state index in [0.29, 0.717) is 0 Å². The molecule has 0 aliphatic heterocycles. The van der Waals surface area contributed by atoms with Gasteiger partial charge in [0, 0.05) is 0 Å². The van der Waals surface area contributed by atoms with Crippen LogP contribution in [0.2, 0.25) is 0 Å². The molecule has 0 fully saturated rings. The zero-order valence-electron chi connectivity index (χ0n) is 8.17. The van der Waals surface area contributed by atoms with E-state index in [9.17, 15) is 8.42 Å². The summed E-state index contributed by atoms with van der Waals surface area (Å²) in [5.41, 5.74) is 0. The highest BCUT2D eigenvalue weighted by molar-refractivity contribution is 7.84. The molecule has 84 valence electrons. The maximum atomic E-state index is 10.6. The van der Waals surface area contributed by atoms with Crippen LogP contribution >= 0.6 is 0 Å². The van der Waals surface area contributed by atoms with Gasteiger partial charge in [-0.25, -0.2) is 0 Å². The summed E-state index contributed by atoms with van der Waals surface area (Å²) < 4.78 is 39.4. The molecule has 1 rings (SSSR count). The van der Waals surface area contributed by atoms with Crippen LogP contribution in [0.5, 0.6) is 11.8 Å². The third-order valence-corrected chi connectivity index (χ3v) is 2.08. The van der Waals surface area contributed by atoms with Gasteiger partial charge in [-0.05, 0) is 0 Å². The van der Waals surface area contributed by atoms with Crippen molar-refractivity contribution in [2.24, 2.45) is 0 Å². The van der Waals surface area contributed by atoms with Gasteiger partial charge in [-0.3, -0.25) is 4.55 Å². The third kappa shape index (κ3) is 3.68. The monoisotopic (exact) mass is 234 g/mol. The van der Waals surface area contributed by atoms with Crippen LogP contribution in [0.25, 0.3) is 0 Å². The average Bonchev–Trinajstić information content (AvgIpc) is 2.14. The first-order valence-corrected chi connectivity index (χ1v) is 5.46. The molecule has 1 heterocycles. The summed E-state index contributed by atoms with van der Waals surface area (Å²) >= 11 is 0. The van der Waals surface area contributed by atoms with E-state index in [1.165, 1.54) is 20.3 Å². The van der Waals surface area contributed by atoms with Crippen molar-refractivity contribution in [1.29, 1.82) is 0 Å². The van der Waals surface area contributed by atoms with Crippen LogP contribution in [0.15, 0.2) is 6.07 Å². The van der Waals surface area contributed by atoms with Crippen molar-refractivity contribution >= 4 is 10.1 Å². The Morgan fingerprint density at radius 3 is 2.07 bits per heavy atom. The van der Waals surface area contributed by atoms with Crippen molar-refractivity contribution in [3.63, 3.8) is 0 Å². The summed E-state index contributed by atoms with van der Waals surface area (Å²) in [6.45, 7) is 0. The molecule has 0 aliphatic rings. The van der Waals surface area contributed by atoms with Crippen LogP contribution in [-0.2, 0) is 15.9 Å². The molecule has 0 saturated carbocycles. The predicted molar refractivity (Wildman–Crippen MR) is 50.4 cm³/mol. The highest BCUT2D eigenvalue weighted by atomic mass is 32.2. The zero-order valence-corrected chi connectivity index (χ0v) is 8.98. The second-order valence-corrected chi connectivity index (χ2v) is 4.05. The first-order valence-electron chi connectivity index (χ1n) is 3.85. The number of hydrogen-bond acceptors (Lipinski definition) is 6. The Kier molecular flexibility index (Phi) is 3.43. The number of rotatable bonds is 4. The summed E-state index contributed by atoms with van der Waals surface area (Å²) in [4.78, 5) is 7.47. The average molecular weight is 234 g/mol. The molecule has 1 aromatic rings. The molecular weight excluding hydrogens is 224 g/mol. The molecule has 0 radical (unpaired) electrons. The Morgan fingerprint density at radius 1 is 1.27 bits per heavy atom. The first-order chi connectivity index (χ1) is 6.94. The topological polar surface area (TPSA) is 98.6 Å². The largest absolute Gasteiger partial charge is 0.481 e. The van der Waals surface area contributed by atoms with Crippen LogP contribution in [0.4, 0.5) is 0 Å². The molecule has 15 heavy (non-hydrogen) atoms. The fourth-order valence-corrected chi connectivity index (χ4v) is 1.34. The van der Waals surface area contributed by atoms with E-state index in [0.717, 1.165) is 0 Å². The van der Waals surface area contributed by atoms with Crippen molar-refractivity contribution in [2.75, 3.05) is 14.2 Å². The van der Waals surface area contributed by atoms with Crippen molar-refractivity contribution < 1.29 is 22.4 Å². The molecule has 8 heteroatoms. The van der Waals surface area contributed by atoms with Crippen molar-refractivity contribution in [3.05, 3.63) is 11.9 Å². The normalized spacial score (nSPS) is 11.1. The summed E-state index contributed by atoms with van der Waals surface area (Å²) in [6.07, 6.45) is 0. The van der Waals surface area contributed by atoms with Crippen molar-refractivity contribution in [3.8, 4) is 11.8 Å². The maximum absolute atomic E-state index is 10.6. The van der Waals surface area contributed by atoms with E-state index < -0.39 is 15.9 Å². The number of nitrogens with zero attached hydrogens (tertiary/aromatic N) is 2. The van der Waals surface area contributed by atoms with Crippen molar-refractivity contribution in [1.82, 2.24) is 9.97 Å². The molecule has 0 aliphatic carbocycles. The Labute approximate surface area is 86.8 Å². The second-order valence-electron chi connectivity index (χ2n) is 2.60. The number of hydrogen-bond donors (Lipinski definition) is 1. The lowest BCUT2D eigenvalue weighted by Crippen LogP contribution is -2.07. The Hall–Kier alpha value is -1.41. The van der Waals surface area contributed by atoms with Gasteiger partial charge < -0.3 is 9.47 Å². The lowest BCUT2D eigenvalue weighted by molar-refractivity contribution is 0.369. The zero-order chi connectivity index (χ0) is 11.5. The Bertz CT molecular complexity index is 422. The lowest BCUT2D eigenvalue weighted by atomic mass is 10.5. The fraction of sp³-hybridized carbons (Fsp3) is 0.429. The highest BCUT2D eigenvalue weighted by Gasteiger charge is 2.12. The minimum atomic E-state index is -4.16. The molecule has 0 unspecified atom stereocenters. The minimum Gasteiger partial charge on any atom is -0.481 e. The maximum Gasteiger partial charge on any atom is 0.272 e. The van der Waals surface area contributed by atoms with E-state index in [1.807, 2.05) is 0 Å². The van der Waals surface area contributed by atoms with Gasteiger partial charge in [0.15, 0.2) is 5.82 Å². The summed E-state index contributed by atoms with van der Waals surface area (Å²) in [7, 11) is -1.42. The summed E-state index contributed by atoms with van der Waals surface area (Å²) in [6, 6.07) is 1.40. The second kappa shape index (κ2) is 4.41. The van der Waals surface area contributed by atoms with Crippen LogP contribution in [0, 0.1) is 0 Å². The summed E-state index contributed by atoms with van der Waals surface area (Å²) in [5.74, 6) is -0.435. The number of ether oxygens (including phenoxy) is 2. The molecule has 0 amide bonds. The SMILES string of the molecule is COc1cc(OC)nc(CS(=O)(=O)O)n1. The molecule has 0 atom stereocenters. The van der Waals surface area contributed by atoms with Crippen LogP contribution in [-0.4, -0.2) is 37.2 Å². The molecule has 7 nitrogen and oxygen atoms in total. The van der Waals surface area contributed by atoms with Gasteiger partial charge in [0.2, 0.25) is 11.8 Å². The van der Waals surface area contributed by atoms with Crippen LogP contribution in [0.3, 0.4) is 0 Å². The Balaban J connectivity index is 3.07. The molecule has 0 aromatic carbocycles. The van der Waals surface area contributed by atoms with Gasteiger partial charge in [0.05, 0.1) is 20.3 Å². The number of aromatic nitrogens is 2. The van der Waals surface area contributed by atoms with E-state index >= 15 is 0 Å². The molecule has 0 saturated heterocycles. The van der Waals surface area contributed by atoms with Gasteiger partial charge in [0.25, 0.3) is 10.1 Å². The molecule has 1 N–H and O–H groups in total. The smallest absolute Gasteiger partial charge is 0.272 e. The predicted octanol–water partition coefficient (Wildman–Crippen LogP) is -0.118. The van der Waals surface area contributed by atoms with Gasteiger partial charge in [0.1, 0.15) is 5.75 Å². The van der Waals surface area contributed by atoms with Crippen LogP contribution < -0.4 is 9.47 Å². The van der Waals surface area contributed by atoms with Crippen molar-refractivity contribution in [2.45, 2.75) is 5.75 Å². The number of methoxy groups -OCH3 is 2. The van der Waals surface area contributed by atoms with Gasteiger partial charge in [-0.2, -0.15) is 18.4 Å². The lowest BCUT2D eigenvalue weighted by Gasteiger charge is -2.04. The van der Waals surface area contributed by atoms with E-state index in [2.05, 4.69) is 9.97 Å². The molecule has 1 aromatic heterocycles. The first kappa shape index (κ1) is 11.7. The van der Waals surface area contributed by atoms with Gasteiger partial charge >= 0.3 is 0 Å². The van der Waals surface area contributed by atoms with Crippen LogP contribution in [0.1, 0.15) is 5.82 Å². The van der Waals surface area contributed by atoms with E-state index in [-0.39, 0.29) is 17.6 Å².